The van der Waals surface area contributed by atoms with Gasteiger partial charge in [-0.05, 0) is 6.42 Å². The van der Waals surface area contributed by atoms with Crippen molar-refractivity contribution in [2.45, 2.75) is 57.0 Å². The Labute approximate surface area is 127 Å². The zero-order valence-corrected chi connectivity index (χ0v) is 13.8. The van der Waals surface area contributed by atoms with Gasteiger partial charge in [0, 0.05) is 18.8 Å². The molecule has 7 heteroatoms. The molecule has 0 aliphatic rings. The summed E-state index contributed by atoms with van der Waals surface area (Å²) < 4.78 is 3.35. The fourth-order valence-electron chi connectivity index (χ4n) is 2.24. The van der Waals surface area contributed by atoms with Gasteiger partial charge in [-0.2, -0.15) is 0 Å². The molecule has 116 valence electrons. The number of rotatable bonds is 6. The summed E-state index contributed by atoms with van der Waals surface area (Å²) in [4.78, 5) is 30.8. The summed E-state index contributed by atoms with van der Waals surface area (Å²) in [6.45, 7) is 7.07. The van der Waals surface area contributed by atoms with E-state index >= 15 is 0 Å². The Hall–Kier alpha value is -1.50. The van der Waals surface area contributed by atoms with E-state index in [9.17, 15) is 9.59 Å². The van der Waals surface area contributed by atoms with Crippen LogP contribution in [0.15, 0.2) is 14.7 Å². The summed E-state index contributed by atoms with van der Waals surface area (Å²) in [7, 11) is 1.63. The second-order valence-electron chi connectivity index (χ2n) is 5.41. The maximum absolute atomic E-state index is 12.2. The van der Waals surface area contributed by atoms with Gasteiger partial charge in [0.25, 0.3) is 5.56 Å². The molecule has 0 aromatic carbocycles. The molecule has 2 aromatic heterocycles. The number of thioether (sulfide) groups is 1. The zero-order chi connectivity index (χ0) is 15.6. The Kier molecular flexibility index (Phi) is 4.92. The number of aryl methyl sites for hydroxylation is 2. The van der Waals surface area contributed by atoms with Gasteiger partial charge in [-0.25, -0.2) is 9.78 Å². The summed E-state index contributed by atoms with van der Waals surface area (Å²) in [5, 5.41) is 1.17. The van der Waals surface area contributed by atoms with Crippen LogP contribution in [-0.4, -0.2) is 24.4 Å². The Bertz CT molecular complexity index is 742. The molecule has 21 heavy (non-hydrogen) atoms. The van der Waals surface area contributed by atoms with E-state index in [1.165, 1.54) is 4.57 Å². The molecule has 0 radical (unpaired) electrons. The van der Waals surface area contributed by atoms with Crippen molar-refractivity contribution < 1.29 is 0 Å². The largest absolute Gasteiger partial charge is 0.329 e. The molecule has 0 unspecified atom stereocenters. The van der Waals surface area contributed by atoms with Gasteiger partial charge in [0.1, 0.15) is 0 Å². The van der Waals surface area contributed by atoms with Crippen LogP contribution in [0.4, 0.5) is 0 Å². The molecule has 0 bridgehead atoms. The molecule has 2 aromatic rings. The summed E-state index contributed by atoms with van der Waals surface area (Å²) >= 11 is 1.62. The molecule has 6 nitrogen and oxygen atoms in total. The van der Waals surface area contributed by atoms with E-state index in [1.54, 1.807) is 18.8 Å². The lowest BCUT2D eigenvalue weighted by atomic mass is 10.2. The van der Waals surface area contributed by atoms with E-state index in [-0.39, 0.29) is 5.56 Å². The van der Waals surface area contributed by atoms with E-state index < -0.39 is 5.69 Å². The summed E-state index contributed by atoms with van der Waals surface area (Å²) in [5.74, 6) is 0. The Morgan fingerprint density at radius 2 is 2.00 bits per heavy atom. The van der Waals surface area contributed by atoms with E-state index in [0.29, 0.717) is 16.4 Å². The molecule has 0 aliphatic carbocycles. The third-order valence-electron chi connectivity index (χ3n) is 3.30. The number of fused-ring (bicyclic) bond motifs is 1. The molecule has 1 N–H and O–H groups in total. The molecule has 0 aliphatic heterocycles. The van der Waals surface area contributed by atoms with E-state index in [2.05, 4.69) is 30.7 Å². The van der Waals surface area contributed by atoms with Crippen LogP contribution in [0.3, 0.4) is 0 Å². The Morgan fingerprint density at radius 1 is 1.29 bits per heavy atom. The van der Waals surface area contributed by atoms with Gasteiger partial charge in [-0.15, -0.1) is 0 Å². The standard InChI is InChI=1S/C14H22N4O2S/c1-5-6-7-8-18-10-11(15-14(18)21-9(2)3)17(4)13(20)16-12(10)19/h9H,5-8H2,1-4H3,(H,16,19,20). The van der Waals surface area contributed by atoms with Crippen LogP contribution in [0.1, 0.15) is 40.0 Å². The molecule has 0 saturated heterocycles. The number of imidazole rings is 1. The number of unbranched alkanes of at least 4 members (excludes halogenated alkanes) is 2. The van der Waals surface area contributed by atoms with Crippen molar-refractivity contribution in [3.8, 4) is 0 Å². The van der Waals surface area contributed by atoms with Crippen molar-refractivity contribution in [1.29, 1.82) is 0 Å². The molecule has 2 heterocycles. The van der Waals surface area contributed by atoms with Crippen LogP contribution in [0.2, 0.25) is 0 Å². The number of aromatic amines is 1. The fraction of sp³-hybridized carbons (Fsp3) is 0.643. The van der Waals surface area contributed by atoms with Crippen LogP contribution in [-0.2, 0) is 13.6 Å². The van der Waals surface area contributed by atoms with Crippen molar-refractivity contribution in [1.82, 2.24) is 19.1 Å². The molecule has 0 fully saturated rings. The summed E-state index contributed by atoms with van der Waals surface area (Å²) in [5.41, 5.74) is 0.180. The molecule has 0 spiro atoms. The third-order valence-corrected chi connectivity index (χ3v) is 4.29. The lowest BCUT2D eigenvalue weighted by Gasteiger charge is -2.09. The van der Waals surface area contributed by atoms with Crippen LogP contribution >= 0.6 is 11.8 Å². The van der Waals surface area contributed by atoms with E-state index in [1.807, 2.05) is 4.57 Å². The second kappa shape index (κ2) is 6.51. The number of hydrogen-bond donors (Lipinski definition) is 1. The maximum Gasteiger partial charge on any atom is 0.329 e. The molecule has 2 rings (SSSR count). The molecule has 0 saturated carbocycles. The number of aromatic nitrogens is 4. The fourth-order valence-corrected chi connectivity index (χ4v) is 3.11. The number of nitrogens with one attached hydrogen (secondary N) is 1. The molecular formula is C14H22N4O2S. The average Bonchev–Trinajstić information content (AvgIpc) is 2.75. The first-order valence-corrected chi connectivity index (χ1v) is 8.19. The smallest absolute Gasteiger partial charge is 0.313 e. The van der Waals surface area contributed by atoms with Crippen LogP contribution in [0, 0.1) is 0 Å². The highest BCUT2D eigenvalue weighted by atomic mass is 32.2. The van der Waals surface area contributed by atoms with Gasteiger partial charge in [-0.3, -0.25) is 14.3 Å². The number of nitrogens with zero attached hydrogens (tertiary/aromatic N) is 3. The minimum Gasteiger partial charge on any atom is -0.313 e. The molecule has 0 atom stereocenters. The van der Waals surface area contributed by atoms with E-state index in [0.717, 1.165) is 31.0 Å². The number of hydrogen-bond acceptors (Lipinski definition) is 4. The van der Waals surface area contributed by atoms with Crippen molar-refractivity contribution in [2.24, 2.45) is 7.05 Å². The first kappa shape index (κ1) is 15.9. The molecular weight excluding hydrogens is 288 g/mol. The predicted molar refractivity (Wildman–Crippen MR) is 86.1 cm³/mol. The zero-order valence-electron chi connectivity index (χ0n) is 13.0. The first-order chi connectivity index (χ1) is 9.95. The first-order valence-electron chi connectivity index (χ1n) is 7.31. The Morgan fingerprint density at radius 3 is 2.62 bits per heavy atom. The minimum absolute atomic E-state index is 0.354. The summed E-state index contributed by atoms with van der Waals surface area (Å²) in [6.07, 6.45) is 3.22. The van der Waals surface area contributed by atoms with E-state index in [4.69, 9.17) is 0 Å². The highest BCUT2D eigenvalue weighted by Gasteiger charge is 2.18. The highest BCUT2D eigenvalue weighted by Crippen LogP contribution is 2.25. The van der Waals surface area contributed by atoms with Crippen molar-refractivity contribution in [3.05, 3.63) is 20.8 Å². The van der Waals surface area contributed by atoms with Crippen LogP contribution in [0.25, 0.3) is 11.2 Å². The van der Waals surface area contributed by atoms with Crippen molar-refractivity contribution >= 4 is 22.9 Å². The van der Waals surface area contributed by atoms with Gasteiger partial charge in [0.05, 0.1) is 0 Å². The van der Waals surface area contributed by atoms with Gasteiger partial charge in [0.2, 0.25) is 0 Å². The minimum atomic E-state index is -0.424. The average molecular weight is 310 g/mol. The van der Waals surface area contributed by atoms with Gasteiger partial charge in [-0.1, -0.05) is 45.4 Å². The lowest BCUT2D eigenvalue weighted by molar-refractivity contribution is 0.577. The SMILES string of the molecule is CCCCCn1c(SC(C)C)nc2c1c(=O)[nH]c(=O)n2C. The third kappa shape index (κ3) is 3.23. The monoisotopic (exact) mass is 310 g/mol. The number of H-pyrrole nitrogens is 1. The van der Waals surface area contributed by atoms with Gasteiger partial charge < -0.3 is 4.57 Å². The van der Waals surface area contributed by atoms with Crippen molar-refractivity contribution in [2.75, 3.05) is 0 Å². The normalized spacial score (nSPS) is 11.7. The summed E-state index contributed by atoms with van der Waals surface area (Å²) in [6, 6.07) is 0. The molecule has 0 amide bonds. The predicted octanol–water partition coefficient (Wildman–Crippen LogP) is 2.11. The van der Waals surface area contributed by atoms with Gasteiger partial charge >= 0.3 is 5.69 Å². The Balaban J connectivity index is 2.62. The van der Waals surface area contributed by atoms with Crippen LogP contribution in [0.5, 0.6) is 0 Å². The highest BCUT2D eigenvalue weighted by molar-refractivity contribution is 7.99. The van der Waals surface area contributed by atoms with Crippen LogP contribution < -0.4 is 11.2 Å². The topological polar surface area (TPSA) is 72.7 Å². The second-order valence-corrected chi connectivity index (χ2v) is 6.95. The maximum atomic E-state index is 12.2. The van der Waals surface area contributed by atoms with Gasteiger partial charge in [0.15, 0.2) is 16.3 Å². The lowest BCUT2D eigenvalue weighted by Crippen LogP contribution is -2.29. The quantitative estimate of drug-likeness (QED) is 0.655. The van der Waals surface area contributed by atoms with Crippen molar-refractivity contribution in [3.63, 3.8) is 0 Å².